The maximum Gasteiger partial charge on any atom is 0.338 e. The van der Waals surface area contributed by atoms with E-state index in [-0.39, 0.29) is 32.1 Å². The number of hydrogen-bond donors (Lipinski definition) is 6. The first-order valence-electron chi connectivity index (χ1n) is 15.6. The number of fused-ring (bicyclic) bond motifs is 1. The lowest BCUT2D eigenvalue weighted by molar-refractivity contribution is -0.298. The van der Waals surface area contributed by atoms with Crippen LogP contribution in [0.4, 0.5) is 0 Å². The Balaban J connectivity index is 1.11. The molecule has 1 aromatic carbocycles. The molecule has 0 radical (unpaired) electrons. The summed E-state index contributed by atoms with van der Waals surface area (Å²) in [5.74, 6) is -1.06. The second-order valence-corrected chi connectivity index (χ2v) is 12.3. The summed E-state index contributed by atoms with van der Waals surface area (Å²) in [5, 5.41) is 51.1. The molecule has 2 saturated carbocycles. The van der Waals surface area contributed by atoms with E-state index in [1.807, 2.05) is 0 Å². The second kappa shape index (κ2) is 13.6. The van der Waals surface area contributed by atoms with Gasteiger partial charge in [-0.25, -0.2) is 4.79 Å². The molecule has 2 heterocycles. The van der Waals surface area contributed by atoms with Crippen LogP contribution in [0.15, 0.2) is 42.0 Å². The number of carbonyl (C=O) groups excluding carboxylic acids is 2. The van der Waals surface area contributed by atoms with Gasteiger partial charge in [0.2, 0.25) is 5.91 Å². The molecule has 13 heteroatoms. The summed E-state index contributed by atoms with van der Waals surface area (Å²) in [6.45, 7) is -0.674. The molecule has 1 amide bonds. The maximum absolute atomic E-state index is 13.4. The van der Waals surface area contributed by atoms with E-state index in [4.69, 9.17) is 28.8 Å². The van der Waals surface area contributed by atoms with Crippen LogP contribution in [0, 0.1) is 11.8 Å². The van der Waals surface area contributed by atoms with Gasteiger partial charge in [-0.2, -0.15) is 0 Å². The first-order chi connectivity index (χ1) is 21.7. The molecule has 5 aliphatic rings. The van der Waals surface area contributed by atoms with Crippen LogP contribution < -0.4 is 5.32 Å². The Morgan fingerprint density at radius 3 is 2.47 bits per heavy atom. The normalized spacial score (nSPS) is 34.3. The van der Waals surface area contributed by atoms with E-state index in [1.165, 1.54) is 0 Å². The van der Waals surface area contributed by atoms with Crippen molar-refractivity contribution in [3.63, 3.8) is 0 Å². The van der Waals surface area contributed by atoms with E-state index in [0.29, 0.717) is 28.5 Å². The molecule has 0 unspecified atom stereocenters. The monoisotopic (exact) mass is 631 g/mol. The summed E-state index contributed by atoms with van der Waals surface area (Å²) in [6.07, 6.45) is 0.622. The third kappa shape index (κ3) is 6.87. The molecule has 6 N–H and O–H groups in total. The van der Waals surface area contributed by atoms with Crippen LogP contribution in [0.3, 0.4) is 0 Å². The van der Waals surface area contributed by atoms with Crippen LogP contribution in [-0.4, -0.2) is 119 Å². The van der Waals surface area contributed by atoms with Crippen LogP contribution in [0.5, 0.6) is 0 Å². The SMILES string of the molecule is O=C(NCCO)C1=C[C@H]2OC(C3CC3)(C3CC3)O[C@H]2[C@H](OC(=O)c2cccc(C=CCO[C@H]3O[C@H](CO)[C@H](O)[C@H](O)[C@H]3O)c2)C1. The number of nitrogens with one attached hydrogen (secondary N) is 1. The fraction of sp³-hybridized carbons (Fsp3) is 0.625. The number of aliphatic hydroxyl groups is 5. The smallest absolute Gasteiger partial charge is 0.338 e. The van der Waals surface area contributed by atoms with Gasteiger partial charge in [-0.1, -0.05) is 24.3 Å². The van der Waals surface area contributed by atoms with Gasteiger partial charge in [-0.15, -0.1) is 0 Å². The number of hydrogen-bond acceptors (Lipinski definition) is 12. The highest BCUT2D eigenvalue weighted by molar-refractivity contribution is 5.94. The predicted octanol–water partition coefficient (Wildman–Crippen LogP) is -0.219. The lowest BCUT2D eigenvalue weighted by Crippen LogP contribution is -2.59. The van der Waals surface area contributed by atoms with E-state index in [9.17, 15) is 30.0 Å². The van der Waals surface area contributed by atoms with Crippen molar-refractivity contribution < 1.29 is 58.8 Å². The Hall–Kier alpha value is -2.72. The van der Waals surface area contributed by atoms with Gasteiger partial charge in [0, 0.05) is 30.4 Å². The Labute approximate surface area is 260 Å². The number of aliphatic hydroxyl groups excluding tert-OH is 5. The third-order valence-corrected chi connectivity index (χ3v) is 9.00. The van der Waals surface area contributed by atoms with Gasteiger partial charge in [-0.05, 0) is 49.5 Å². The molecule has 1 aromatic rings. The number of ether oxygens (including phenoxy) is 5. The molecule has 246 valence electrons. The van der Waals surface area contributed by atoms with Crippen LogP contribution >= 0.6 is 0 Å². The quantitative estimate of drug-likeness (QED) is 0.166. The maximum atomic E-state index is 13.4. The number of esters is 1. The number of benzene rings is 1. The van der Waals surface area contributed by atoms with Gasteiger partial charge in [0.1, 0.15) is 42.7 Å². The average Bonchev–Trinajstić information content (AvgIpc) is 3.99. The van der Waals surface area contributed by atoms with Crippen LogP contribution in [0.2, 0.25) is 0 Å². The number of carbonyl (C=O) groups is 2. The molecule has 45 heavy (non-hydrogen) atoms. The predicted molar refractivity (Wildman–Crippen MR) is 155 cm³/mol. The lowest BCUT2D eigenvalue weighted by atomic mass is 9.91. The van der Waals surface area contributed by atoms with Crippen molar-refractivity contribution >= 4 is 18.0 Å². The molecular formula is C32H41NO12. The minimum Gasteiger partial charge on any atom is -0.456 e. The zero-order chi connectivity index (χ0) is 31.7. The highest BCUT2D eigenvalue weighted by atomic mass is 16.8. The molecule has 2 saturated heterocycles. The summed E-state index contributed by atoms with van der Waals surface area (Å²) in [6, 6.07) is 6.74. The van der Waals surface area contributed by atoms with E-state index in [2.05, 4.69) is 5.32 Å². The van der Waals surface area contributed by atoms with Gasteiger partial charge >= 0.3 is 5.97 Å². The fourth-order valence-electron chi connectivity index (χ4n) is 6.37. The molecule has 13 nitrogen and oxygen atoms in total. The number of rotatable bonds is 12. The summed E-state index contributed by atoms with van der Waals surface area (Å²) in [5.41, 5.74) is 1.37. The highest BCUT2D eigenvalue weighted by Gasteiger charge is 2.64. The van der Waals surface area contributed by atoms with E-state index in [1.54, 1.807) is 42.5 Å². The van der Waals surface area contributed by atoms with Crippen molar-refractivity contribution in [2.24, 2.45) is 11.8 Å². The van der Waals surface area contributed by atoms with Gasteiger partial charge < -0.3 is 54.5 Å². The summed E-state index contributed by atoms with van der Waals surface area (Å²) in [7, 11) is 0. The molecule has 0 spiro atoms. The fourth-order valence-corrected chi connectivity index (χ4v) is 6.37. The first kappa shape index (κ1) is 32.2. The molecule has 0 bridgehead atoms. The lowest BCUT2D eigenvalue weighted by Gasteiger charge is -2.39. The van der Waals surface area contributed by atoms with E-state index < -0.39 is 67.4 Å². The topological polar surface area (TPSA) is 193 Å². The highest BCUT2D eigenvalue weighted by Crippen LogP contribution is 2.59. The molecule has 4 fully saturated rings. The molecule has 2 aliphatic heterocycles. The summed E-state index contributed by atoms with van der Waals surface area (Å²) >= 11 is 0. The minimum atomic E-state index is -1.53. The molecule has 0 aromatic heterocycles. The van der Waals surface area contributed by atoms with Crippen molar-refractivity contribution in [3.05, 3.63) is 53.1 Å². The molecule has 8 atom stereocenters. The van der Waals surface area contributed by atoms with Gasteiger partial charge in [0.25, 0.3) is 0 Å². The largest absolute Gasteiger partial charge is 0.456 e. The van der Waals surface area contributed by atoms with Crippen LogP contribution in [0.1, 0.15) is 48.0 Å². The zero-order valence-corrected chi connectivity index (χ0v) is 24.8. The van der Waals surface area contributed by atoms with Gasteiger partial charge in [-0.3, -0.25) is 4.79 Å². The molecule has 3 aliphatic carbocycles. The van der Waals surface area contributed by atoms with E-state index in [0.717, 1.165) is 25.7 Å². The van der Waals surface area contributed by atoms with Gasteiger partial charge in [0.15, 0.2) is 12.1 Å². The zero-order valence-electron chi connectivity index (χ0n) is 24.8. The second-order valence-electron chi connectivity index (χ2n) is 12.3. The van der Waals surface area contributed by atoms with Crippen molar-refractivity contribution in [1.82, 2.24) is 5.32 Å². The van der Waals surface area contributed by atoms with Crippen molar-refractivity contribution in [3.8, 4) is 0 Å². The third-order valence-electron chi connectivity index (χ3n) is 9.00. The van der Waals surface area contributed by atoms with Gasteiger partial charge in [0.05, 0.1) is 25.4 Å². The Morgan fingerprint density at radius 1 is 1.02 bits per heavy atom. The van der Waals surface area contributed by atoms with Crippen LogP contribution in [0.25, 0.3) is 6.08 Å². The van der Waals surface area contributed by atoms with Crippen LogP contribution in [-0.2, 0) is 28.5 Å². The summed E-state index contributed by atoms with van der Waals surface area (Å²) < 4.78 is 30.0. The standard InChI is InChI=1S/C32H41NO12/c34-11-10-33-29(39)19-14-22(28-23(15-19)44-32(45-28,20-6-7-20)21-8-9-21)42-30(40)18-5-1-3-17(13-18)4-2-12-41-31-27(38)26(37)25(36)24(16-35)43-31/h1-5,13,15,20-28,31,34-38H,6-12,14,16H2,(H,33,39)/t22-,23-,24-,25+,26+,27-,28+,31+/m1/s1. The molecular weight excluding hydrogens is 590 g/mol. The minimum absolute atomic E-state index is 0.0307. The Kier molecular flexibility index (Phi) is 9.71. The summed E-state index contributed by atoms with van der Waals surface area (Å²) in [4.78, 5) is 26.3. The van der Waals surface area contributed by atoms with Crippen molar-refractivity contribution in [2.75, 3.05) is 26.4 Å². The Morgan fingerprint density at radius 2 is 1.78 bits per heavy atom. The van der Waals surface area contributed by atoms with Crippen molar-refractivity contribution in [1.29, 1.82) is 0 Å². The average molecular weight is 632 g/mol. The first-order valence-corrected chi connectivity index (χ1v) is 15.6. The Bertz CT molecular complexity index is 1280. The van der Waals surface area contributed by atoms with E-state index >= 15 is 0 Å². The molecule has 6 rings (SSSR count). The number of amides is 1. The van der Waals surface area contributed by atoms with Crippen molar-refractivity contribution in [2.45, 2.75) is 86.9 Å².